The number of ether oxygens (including phenoxy) is 1. The van der Waals surface area contributed by atoms with E-state index in [1.807, 2.05) is 12.1 Å². The summed E-state index contributed by atoms with van der Waals surface area (Å²) in [5.74, 6) is 1.89. The minimum Gasteiger partial charge on any atom is -0.497 e. The van der Waals surface area contributed by atoms with Gasteiger partial charge in [-0.15, -0.1) is 0 Å². The highest BCUT2D eigenvalue weighted by Crippen LogP contribution is 2.43. The number of nitrogens with one attached hydrogen (secondary N) is 3. The molecule has 0 saturated heterocycles. The van der Waals surface area contributed by atoms with Crippen LogP contribution in [0, 0.1) is 0 Å². The average molecular weight is 417 g/mol. The van der Waals surface area contributed by atoms with Crippen LogP contribution < -0.4 is 20.9 Å². The Kier molecular flexibility index (Phi) is 4.58. The number of rotatable bonds is 6. The number of benzene rings is 2. The largest absolute Gasteiger partial charge is 0.497 e. The van der Waals surface area contributed by atoms with Crippen molar-refractivity contribution >= 4 is 10.9 Å². The molecular weight excluding hydrogens is 388 g/mol. The predicted octanol–water partition coefficient (Wildman–Crippen LogP) is 3.30. The molecule has 6 nitrogen and oxygen atoms in total. The standard InChI is InChI=1S/C25H28N4O2/c1-31-17-11-20(14-5-6-14)22-21(12-17)28-24(29-25(22)30)23-19-4-2-3-15(13-27-16-7-8-16)18(19)9-10-26-23/h2-4,11-12,14,16,23,26-27H,5-10,13H2,1H3,(H,28,29,30). The van der Waals surface area contributed by atoms with Crippen molar-refractivity contribution < 1.29 is 4.74 Å². The maximum absolute atomic E-state index is 13.2. The molecule has 3 N–H and O–H groups in total. The molecule has 0 spiro atoms. The van der Waals surface area contributed by atoms with E-state index in [2.05, 4.69) is 33.8 Å². The number of hydrogen-bond donors (Lipinski definition) is 3. The van der Waals surface area contributed by atoms with Gasteiger partial charge in [0.2, 0.25) is 0 Å². The summed E-state index contributed by atoms with van der Waals surface area (Å²) in [5, 5.41) is 7.93. The lowest BCUT2D eigenvalue weighted by Gasteiger charge is -2.28. The molecule has 1 aliphatic heterocycles. The van der Waals surface area contributed by atoms with E-state index >= 15 is 0 Å². The van der Waals surface area contributed by atoms with Gasteiger partial charge in [0.05, 0.1) is 24.1 Å². The first-order valence-electron chi connectivity index (χ1n) is 11.4. The minimum atomic E-state index is -0.114. The number of methoxy groups -OCH3 is 1. The van der Waals surface area contributed by atoms with Gasteiger partial charge in [-0.05, 0) is 66.3 Å². The fourth-order valence-electron chi connectivity index (χ4n) is 4.90. The summed E-state index contributed by atoms with van der Waals surface area (Å²) in [5.41, 5.74) is 5.70. The van der Waals surface area contributed by atoms with Crippen LogP contribution in [0.2, 0.25) is 0 Å². The van der Waals surface area contributed by atoms with Gasteiger partial charge < -0.3 is 20.4 Å². The predicted molar refractivity (Wildman–Crippen MR) is 121 cm³/mol. The lowest BCUT2D eigenvalue weighted by molar-refractivity contribution is 0.415. The van der Waals surface area contributed by atoms with Crippen LogP contribution in [0.3, 0.4) is 0 Å². The number of aromatic nitrogens is 2. The smallest absolute Gasteiger partial charge is 0.259 e. The molecule has 1 unspecified atom stereocenters. The molecule has 31 heavy (non-hydrogen) atoms. The fraction of sp³-hybridized carbons (Fsp3) is 0.440. The summed E-state index contributed by atoms with van der Waals surface area (Å²) in [4.78, 5) is 21.2. The van der Waals surface area contributed by atoms with Gasteiger partial charge >= 0.3 is 0 Å². The van der Waals surface area contributed by atoms with Gasteiger partial charge in [-0.25, -0.2) is 4.98 Å². The third kappa shape index (κ3) is 3.54. The Hall–Kier alpha value is -2.70. The average Bonchev–Trinajstić information content (AvgIpc) is 3.70. The topological polar surface area (TPSA) is 79.0 Å². The Morgan fingerprint density at radius 3 is 2.81 bits per heavy atom. The third-order valence-corrected chi connectivity index (χ3v) is 6.86. The van der Waals surface area contributed by atoms with E-state index < -0.39 is 0 Å². The number of fused-ring (bicyclic) bond motifs is 2. The molecule has 0 radical (unpaired) electrons. The Balaban J connectivity index is 1.43. The molecule has 2 aliphatic carbocycles. The van der Waals surface area contributed by atoms with E-state index in [9.17, 15) is 4.79 Å². The van der Waals surface area contributed by atoms with Crippen molar-refractivity contribution in [3.63, 3.8) is 0 Å². The van der Waals surface area contributed by atoms with Crippen LogP contribution in [-0.2, 0) is 13.0 Å². The van der Waals surface area contributed by atoms with Gasteiger partial charge in [0.25, 0.3) is 5.56 Å². The SMILES string of the molecule is COc1cc(C2CC2)c2c(=O)[nH]c(C3NCCc4c(CNC5CC5)cccc43)nc2c1. The molecule has 2 fully saturated rings. The van der Waals surface area contributed by atoms with E-state index in [0.29, 0.717) is 23.2 Å². The first-order valence-corrected chi connectivity index (χ1v) is 11.4. The van der Waals surface area contributed by atoms with E-state index in [0.717, 1.165) is 49.2 Å². The van der Waals surface area contributed by atoms with Crippen LogP contribution in [0.5, 0.6) is 5.75 Å². The summed E-state index contributed by atoms with van der Waals surface area (Å²) >= 11 is 0. The molecule has 6 heteroatoms. The van der Waals surface area contributed by atoms with Gasteiger partial charge in [-0.1, -0.05) is 18.2 Å². The van der Waals surface area contributed by atoms with Crippen LogP contribution in [0.1, 0.15) is 65.7 Å². The molecule has 6 rings (SSSR count). The summed E-state index contributed by atoms with van der Waals surface area (Å²) < 4.78 is 5.51. The van der Waals surface area contributed by atoms with Crippen molar-refractivity contribution in [3.8, 4) is 5.75 Å². The second kappa shape index (κ2) is 7.46. The Morgan fingerprint density at radius 1 is 1.16 bits per heavy atom. The van der Waals surface area contributed by atoms with Crippen molar-refractivity contribution in [2.24, 2.45) is 0 Å². The Labute approximate surface area is 181 Å². The zero-order valence-electron chi connectivity index (χ0n) is 17.8. The second-order valence-corrected chi connectivity index (χ2v) is 9.11. The highest BCUT2D eigenvalue weighted by atomic mass is 16.5. The highest BCUT2D eigenvalue weighted by molar-refractivity contribution is 5.84. The molecule has 1 atom stereocenters. The van der Waals surface area contributed by atoms with Crippen LogP contribution in [0.4, 0.5) is 0 Å². The first-order chi connectivity index (χ1) is 15.2. The van der Waals surface area contributed by atoms with Crippen LogP contribution in [0.15, 0.2) is 35.1 Å². The highest BCUT2D eigenvalue weighted by Gasteiger charge is 2.30. The molecular formula is C25H28N4O2. The van der Waals surface area contributed by atoms with Crippen LogP contribution >= 0.6 is 0 Å². The minimum absolute atomic E-state index is 0.0509. The van der Waals surface area contributed by atoms with Crippen molar-refractivity contribution in [2.45, 2.75) is 56.7 Å². The maximum Gasteiger partial charge on any atom is 0.259 e. The van der Waals surface area contributed by atoms with Gasteiger partial charge in [0, 0.05) is 25.2 Å². The molecule has 3 aliphatic rings. The number of aromatic amines is 1. The fourth-order valence-corrected chi connectivity index (χ4v) is 4.90. The number of hydrogen-bond acceptors (Lipinski definition) is 5. The Morgan fingerprint density at radius 2 is 2.03 bits per heavy atom. The number of nitrogens with zero attached hydrogens (tertiary/aromatic N) is 1. The molecule has 2 aromatic carbocycles. The van der Waals surface area contributed by atoms with Crippen molar-refractivity contribution in [3.05, 3.63) is 68.8 Å². The van der Waals surface area contributed by atoms with E-state index in [4.69, 9.17) is 9.72 Å². The summed E-state index contributed by atoms with van der Waals surface area (Å²) in [6, 6.07) is 11.0. The lowest BCUT2D eigenvalue weighted by atomic mass is 9.89. The lowest BCUT2D eigenvalue weighted by Crippen LogP contribution is -2.34. The van der Waals surface area contributed by atoms with Gasteiger partial charge in [-0.3, -0.25) is 4.79 Å². The molecule has 2 heterocycles. The Bertz CT molecular complexity index is 1210. The molecule has 160 valence electrons. The quantitative estimate of drug-likeness (QED) is 0.575. The second-order valence-electron chi connectivity index (χ2n) is 9.11. The van der Waals surface area contributed by atoms with Gasteiger partial charge in [-0.2, -0.15) is 0 Å². The van der Waals surface area contributed by atoms with Crippen molar-refractivity contribution in [2.75, 3.05) is 13.7 Å². The normalized spacial score (nSPS) is 20.6. The zero-order valence-corrected chi connectivity index (χ0v) is 17.8. The number of H-pyrrole nitrogens is 1. The van der Waals surface area contributed by atoms with Crippen molar-refractivity contribution in [1.82, 2.24) is 20.6 Å². The van der Waals surface area contributed by atoms with Crippen LogP contribution in [0.25, 0.3) is 10.9 Å². The molecule has 2 saturated carbocycles. The summed E-state index contributed by atoms with van der Waals surface area (Å²) in [7, 11) is 1.67. The summed E-state index contributed by atoms with van der Waals surface area (Å²) in [6.45, 7) is 1.77. The van der Waals surface area contributed by atoms with E-state index in [1.54, 1.807) is 7.11 Å². The van der Waals surface area contributed by atoms with E-state index in [-0.39, 0.29) is 11.6 Å². The molecule has 0 amide bonds. The van der Waals surface area contributed by atoms with Crippen molar-refractivity contribution in [1.29, 1.82) is 0 Å². The zero-order chi connectivity index (χ0) is 20.9. The van der Waals surface area contributed by atoms with Gasteiger partial charge in [0.1, 0.15) is 11.6 Å². The van der Waals surface area contributed by atoms with Gasteiger partial charge in [0.15, 0.2) is 0 Å². The monoisotopic (exact) mass is 416 g/mol. The third-order valence-electron chi connectivity index (χ3n) is 6.86. The van der Waals surface area contributed by atoms with E-state index in [1.165, 1.54) is 29.5 Å². The molecule has 0 bridgehead atoms. The van der Waals surface area contributed by atoms with Crippen LogP contribution in [-0.4, -0.2) is 29.7 Å². The molecule has 3 aromatic rings. The molecule has 1 aromatic heterocycles. The summed E-state index contributed by atoms with van der Waals surface area (Å²) in [6.07, 6.45) is 5.81. The maximum atomic E-state index is 13.2. The first kappa shape index (κ1) is 19.0.